The van der Waals surface area contributed by atoms with Crippen molar-refractivity contribution in [2.24, 2.45) is 5.73 Å². The number of pyridine rings is 1. The summed E-state index contributed by atoms with van der Waals surface area (Å²) in [5.41, 5.74) is 6.60. The fraction of sp³-hybridized carbons (Fsp3) is 0.292. The third-order valence-electron chi connectivity index (χ3n) is 4.51. The first-order chi connectivity index (χ1) is 15.3. The van der Waals surface area contributed by atoms with Gasteiger partial charge in [0, 0.05) is 17.4 Å². The molecule has 6 nitrogen and oxygen atoms in total. The Morgan fingerprint density at radius 2 is 1.84 bits per heavy atom. The molecule has 2 heterocycles. The van der Waals surface area contributed by atoms with Gasteiger partial charge < -0.3 is 15.2 Å². The summed E-state index contributed by atoms with van der Waals surface area (Å²) >= 11 is 1.50. The number of aromatic nitrogens is 1. The van der Waals surface area contributed by atoms with Gasteiger partial charge in [-0.25, -0.2) is 9.37 Å². The molecule has 0 amide bonds. The molecule has 3 aromatic rings. The number of carbonyl (C=O) groups is 2. The van der Waals surface area contributed by atoms with Crippen LogP contribution in [-0.4, -0.2) is 23.8 Å². The van der Waals surface area contributed by atoms with Gasteiger partial charge in [0.2, 0.25) is 5.88 Å². The Hall–Kier alpha value is -3.10. The summed E-state index contributed by atoms with van der Waals surface area (Å²) in [6.45, 7) is 5.94. The molecular weight excluding hydrogens is 431 g/mol. The van der Waals surface area contributed by atoms with Gasteiger partial charge in [-0.3, -0.25) is 9.59 Å². The number of rotatable bonds is 8. The number of hydrogen-bond acceptors (Lipinski definition) is 7. The van der Waals surface area contributed by atoms with Gasteiger partial charge >= 0.3 is 5.97 Å². The number of ether oxygens (including phenoxy) is 2. The first kappa shape index (κ1) is 25.2. The summed E-state index contributed by atoms with van der Waals surface area (Å²) in [6.07, 6.45) is -0.504. The molecule has 3 rings (SSSR count). The molecule has 1 aromatic carbocycles. The lowest BCUT2D eigenvalue weighted by Crippen LogP contribution is -2.41. The Balaban J connectivity index is 0.00000176. The number of thiophene rings is 1. The van der Waals surface area contributed by atoms with Gasteiger partial charge in [-0.2, -0.15) is 0 Å². The van der Waals surface area contributed by atoms with Gasteiger partial charge in [-0.05, 0) is 54.3 Å². The van der Waals surface area contributed by atoms with E-state index in [1.165, 1.54) is 42.7 Å². The number of ketones is 1. The molecule has 0 aliphatic rings. The van der Waals surface area contributed by atoms with Crippen molar-refractivity contribution < 1.29 is 23.5 Å². The molecule has 0 aliphatic carbocycles. The Labute approximate surface area is 191 Å². The van der Waals surface area contributed by atoms with E-state index in [0.717, 1.165) is 10.4 Å². The van der Waals surface area contributed by atoms with Crippen molar-refractivity contribution in [1.29, 1.82) is 0 Å². The summed E-state index contributed by atoms with van der Waals surface area (Å²) < 4.78 is 23.4. The lowest BCUT2D eigenvalue weighted by atomic mass is 9.83. The highest BCUT2D eigenvalue weighted by atomic mass is 32.1. The van der Waals surface area contributed by atoms with Crippen molar-refractivity contribution >= 4 is 23.1 Å². The van der Waals surface area contributed by atoms with Crippen molar-refractivity contribution in [2.75, 3.05) is 7.11 Å². The number of nitrogens with zero attached hydrogens (tertiary/aromatic N) is 1. The van der Waals surface area contributed by atoms with Crippen LogP contribution in [0.4, 0.5) is 4.39 Å². The van der Waals surface area contributed by atoms with Crippen LogP contribution in [0.2, 0.25) is 0 Å². The molecule has 0 spiro atoms. The molecule has 2 aromatic heterocycles. The number of hydrogen-bond donors (Lipinski definition) is 1. The maximum absolute atomic E-state index is 13.1. The molecule has 0 fully saturated rings. The number of nitrogens with two attached hydrogens (primary N) is 1. The molecule has 1 unspecified atom stereocenters. The fourth-order valence-electron chi connectivity index (χ4n) is 2.97. The van der Waals surface area contributed by atoms with Crippen molar-refractivity contribution in [3.8, 4) is 11.6 Å². The molecule has 0 radical (unpaired) electrons. The van der Waals surface area contributed by atoms with E-state index < -0.39 is 11.5 Å². The normalized spacial score (nSPS) is 12.2. The van der Waals surface area contributed by atoms with E-state index in [1.807, 2.05) is 32.2 Å². The second-order valence-electron chi connectivity index (χ2n) is 6.80. The third-order valence-corrected chi connectivity index (χ3v) is 5.37. The molecule has 0 saturated carbocycles. The number of carbonyl (C=O) groups excluding carboxylic acids is 2. The second kappa shape index (κ2) is 11.5. The van der Waals surface area contributed by atoms with E-state index in [2.05, 4.69) is 9.72 Å². The zero-order valence-electron chi connectivity index (χ0n) is 18.6. The average Bonchev–Trinajstić information content (AvgIpc) is 3.23. The van der Waals surface area contributed by atoms with E-state index in [-0.39, 0.29) is 30.3 Å². The molecular formula is C24H27FN2O4S. The number of Topliss-reactive ketones (excluding diaryl/α,β-unsaturated/α-hetero) is 1. The monoisotopic (exact) mass is 458 g/mol. The van der Waals surface area contributed by atoms with Gasteiger partial charge in [0.15, 0.2) is 0 Å². The highest BCUT2D eigenvalue weighted by molar-refractivity contribution is 7.10. The molecule has 170 valence electrons. The number of benzene rings is 1. The summed E-state index contributed by atoms with van der Waals surface area (Å²) in [5, 5.41) is 1.87. The van der Waals surface area contributed by atoms with E-state index in [4.69, 9.17) is 10.5 Å². The summed E-state index contributed by atoms with van der Waals surface area (Å²) in [4.78, 5) is 29.6. The second-order valence-corrected chi connectivity index (χ2v) is 7.92. The standard InChI is InChI=1S/C22H21FN2O4S.C2H6/c1-14-10-15(13-30-14)22(24,12-17(26)11-21(27)28-2)19-4-3-5-20(25-19)29-18-8-6-16(23)7-9-18;1-2/h3-10,13H,11-12,24H2,1-2H3;1-2H3. The maximum atomic E-state index is 13.1. The van der Waals surface area contributed by atoms with Gasteiger partial charge in [0.05, 0.1) is 18.3 Å². The lowest BCUT2D eigenvalue weighted by Gasteiger charge is -2.28. The topological polar surface area (TPSA) is 91.5 Å². The Morgan fingerprint density at radius 3 is 2.44 bits per heavy atom. The fourth-order valence-corrected chi connectivity index (χ4v) is 3.75. The minimum atomic E-state index is -1.25. The van der Waals surface area contributed by atoms with Crippen LogP contribution in [0.1, 0.15) is 42.8 Å². The van der Waals surface area contributed by atoms with Crippen LogP contribution < -0.4 is 10.5 Å². The van der Waals surface area contributed by atoms with Crippen LogP contribution in [0.3, 0.4) is 0 Å². The van der Waals surface area contributed by atoms with Crippen LogP contribution in [0.25, 0.3) is 0 Å². The highest BCUT2D eigenvalue weighted by Crippen LogP contribution is 2.34. The Morgan fingerprint density at radius 1 is 1.16 bits per heavy atom. The van der Waals surface area contributed by atoms with Gasteiger partial charge in [-0.15, -0.1) is 11.3 Å². The smallest absolute Gasteiger partial charge is 0.313 e. The van der Waals surface area contributed by atoms with Gasteiger partial charge in [0.25, 0.3) is 0 Å². The van der Waals surface area contributed by atoms with E-state index >= 15 is 0 Å². The minimum Gasteiger partial charge on any atom is -0.469 e. The maximum Gasteiger partial charge on any atom is 0.313 e. The lowest BCUT2D eigenvalue weighted by molar-refractivity contribution is -0.143. The molecule has 8 heteroatoms. The number of methoxy groups -OCH3 is 1. The summed E-state index contributed by atoms with van der Waals surface area (Å²) in [5.74, 6) is -0.690. The van der Waals surface area contributed by atoms with Crippen LogP contribution in [0.5, 0.6) is 11.6 Å². The minimum absolute atomic E-state index is 0.134. The SMILES string of the molecule is CC.COC(=O)CC(=O)CC(N)(c1csc(C)c1)c1cccc(Oc2ccc(F)cc2)n1. The molecule has 2 N–H and O–H groups in total. The molecule has 0 saturated heterocycles. The van der Waals surface area contributed by atoms with Gasteiger partial charge in [0.1, 0.15) is 23.8 Å². The molecule has 32 heavy (non-hydrogen) atoms. The zero-order chi connectivity index (χ0) is 23.7. The largest absolute Gasteiger partial charge is 0.469 e. The molecule has 0 bridgehead atoms. The summed E-state index contributed by atoms with van der Waals surface area (Å²) in [6, 6.07) is 12.5. The Kier molecular flexibility index (Phi) is 9.04. The average molecular weight is 459 g/mol. The van der Waals surface area contributed by atoms with Crippen LogP contribution in [0, 0.1) is 12.7 Å². The van der Waals surface area contributed by atoms with Crippen molar-refractivity contribution in [3.05, 3.63) is 75.9 Å². The Bertz CT molecular complexity index is 1050. The van der Waals surface area contributed by atoms with Crippen molar-refractivity contribution in [3.63, 3.8) is 0 Å². The van der Waals surface area contributed by atoms with Crippen molar-refractivity contribution in [2.45, 2.75) is 39.2 Å². The van der Waals surface area contributed by atoms with E-state index in [0.29, 0.717) is 11.4 Å². The highest BCUT2D eigenvalue weighted by Gasteiger charge is 2.35. The van der Waals surface area contributed by atoms with Crippen LogP contribution in [0.15, 0.2) is 53.9 Å². The predicted octanol–water partition coefficient (Wildman–Crippen LogP) is 5.13. The van der Waals surface area contributed by atoms with Crippen LogP contribution in [-0.2, 0) is 19.9 Å². The molecule has 0 aliphatic heterocycles. The van der Waals surface area contributed by atoms with Crippen LogP contribution >= 0.6 is 11.3 Å². The molecule has 1 atom stereocenters. The van der Waals surface area contributed by atoms with Crippen molar-refractivity contribution in [1.82, 2.24) is 4.98 Å². The number of esters is 1. The number of aryl methyl sites for hydroxylation is 1. The van der Waals surface area contributed by atoms with E-state index in [1.54, 1.807) is 18.2 Å². The zero-order valence-corrected chi connectivity index (χ0v) is 19.4. The first-order valence-corrected chi connectivity index (χ1v) is 11.0. The predicted molar refractivity (Wildman–Crippen MR) is 122 cm³/mol. The van der Waals surface area contributed by atoms with Gasteiger partial charge in [-0.1, -0.05) is 19.9 Å². The quantitative estimate of drug-likeness (QED) is 0.371. The number of halogens is 1. The first-order valence-electron chi connectivity index (χ1n) is 10.1. The summed E-state index contributed by atoms with van der Waals surface area (Å²) in [7, 11) is 1.23. The van der Waals surface area contributed by atoms with E-state index in [9.17, 15) is 14.0 Å². The third kappa shape index (κ3) is 6.45.